The second kappa shape index (κ2) is 13.9. The van der Waals surface area contributed by atoms with Crippen LogP contribution < -0.4 is 15.3 Å². The van der Waals surface area contributed by atoms with Crippen LogP contribution in [0.25, 0.3) is 0 Å². The van der Waals surface area contributed by atoms with Gasteiger partial charge in [0, 0.05) is 18.6 Å². The summed E-state index contributed by atoms with van der Waals surface area (Å²) in [5.74, 6) is -3.72. The fourth-order valence-electron chi connectivity index (χ4n) is 1.45. The van der Waals surface area contributed by atoms with Crippen LogP contribution in [0.2, 0.25) is 0 Å². The topological polar surface area (TPSA) is 159 Å². The van der Waals surface area contributed by atoms with E-state index in [4.69, 9.17) is 0 Å². The number of aromatic carboxylic acids is 3. The number of hydrogen-bond acceptors (Lipinski definition) is 9. The summed E-state index contributed by atoms with van der Waals surface area (Å²) in [6, 6.07) is 13.9. The molecule has 0 N–H and O–H groups in total. The molecule has 0 radical (unpaired) electrons. The smallest absolute Gasteiger partial charge is 0.543 e. The van der Waals surface area contributed by atoms with E-state index >= 15 is 0 Å². The number of pyridine rings is 3. The van der Waals surface area contributed by atoms with E-state index in [1.807, 2.05) is 0 Å². The molecule has 138 valence electrons. The van der Waals surface area contributed by atoms with E-state index in [1.54, 1.807) is 36.4 Å². The molecule has 3 aromatic heterocycles. The molecule has 3 aromatic rings. The number of hydrogen-bond donors (Lipinski definition) is 0. The summed E-state index contributed by atoms with van der Waals surface area (Å²) in [6.45, 7) is 0. The Kier molecular flexibility index (Phi) is 12.3. The average Bonchev–Trinajstić information content (AvgIpc) is 2.71. The van der Waals surface area contributed by atoms with Gasteiger partial charge in [-0.1, -0.05) is 18.2 Å². The zero-order valence-electron chi connectivity index (χ0n) is 14.3. The van der Waals surface area contributed by atoms with E-state index in [2.05, 4.69) is 15.0 Å². The number of rotatable bonds is 3. The normalized spacial score (nSPS) is 8.57. The minimum Gasteiger partial charge on any atom is -0.543 e. The molecule has 0 saturated heterocycles. The standard InChI is InChI=1S/3C6H5NO2.In/c3*8-6(9)5-3-1-2-4-7-5;/h3*1-4H,(H,8,9);/q;;;+3/p-3. The van der Waals surface area contributed by atoms with Gasteiger partial charge in [-0.2, -0.15) is 0 Å². The number of aromatic nitrogens is 3. The summed E-state index contributed by atoms with van der Waals surface area (Å²) in [7, 11) is 0. The summed E-state index contributed by atoms with van der Waals surface area (Å²) in [5, 5.41) is 30.1. The molecule has 0 atom stereocenters. The molecule has 9 nitrogen and oxygen atoms in total. The SMILES string of the molecule is O=C([O-])c1ccccn1.O=C([O-])c1ccccn1.O=C([O-])c1ccccn1.[In+3]. The van der Waals surface area contributed by atoms with Crippen LogP contribution in [-0.4, -0.2) is 58.7 Å². The predicted octanol–water partition coefficient (Wildman–Crippen LogP) is -2.05. The van der Waals surface area contributed by atoms with Gasteiger partial charge in [0.25, 0.3) is 0 Å². The van der Waals surface area contributed by atoms with Crippen LogP contribution in [-0.2, 0) is 0 Å². The summed E-state index contributed by atoms with van der Waals surface area (Å²) in [5.41, 5.74) is -0.0903. The van der Waals surface area contributed by atoms with Crippen molar-refractivity contribution in [1.82, 2.24) is 15.0 Å². The molecule has 3 heterocycles. The summed E-state index contributed by atoms with van der Waals surface area (Å²) in [4.78, 5) is 40.6. The quantitative estimate of drug-likeness (QED) is 0.411. The van der Waals surface area contributed by atoms with Crippen molar-refractivity contribution in [2.24, 2.45) is 0 Å². The molecule has 0 aliphatic heterocycles. The van der Waals surface area contributed by atoms with Gasteiger partial charge < -0.3 is 29.7 Å². The molecule has 0 saturated carbocycles. The molecule has 28 heavy (non-hydrogen) atoms. The Morgan fingerprint density at radius 3 is 0.893 bits per heavy atom. The molecule has 0 fully saturated rings. The first kappa shape index (κ1) is 24.7. The van der Waals surface area contributed by atoms with Crippen LogP contribution in [0.15, 0.2) is 73.2 Å². The number of carbonyl (C=O) groups is 3. The summed E-state index contributed by atoms with van der Waals surface area (Å²) >= 11 is 0. The first-order chi connectivity index (χ1) is 12.9. The average molecular weight is 481 g/mol. The van der Waals surface area contributed by atoms with Crippen LogP contribution in [0.1, 0.15) is 31.5 Å². The van der Waals surface area contributed by atoms with Crippen molar-refractivity contribution in [2.45, 2.75) is 0 Å². The number of carboxylic acid groups (broad SMARTS) is 3. The third kappa shape index (κ3) is 10.0. The molecule has 0 spiro atoms. The second-order valence-electron chi connectivity index (χ2n) is 4.51. The van der Waals surface area contributed by atoms with Crippen LogP contribution in [0.3, 0.4) is 0 Å². The number of nitrogens with zero attached hydrogens (tertiary/aromatic N) is 3. The largest absolute Gasteiger partial charge is 3.00 e. The zero-order valence-corrected chi connectivity index (χ0v) is 17.6. The van der Waals surface area contributed by atoms with Crippen molar-refractivity contribution in [1.29, 1.82) is 0 Å². The van der Waals surface area contributed by atoms with Gasteiger partial charge in [-0.3, -0.25) is 15.0 Å². The first-order valence-corrected chi connectivity index (χ1v) is 7.29. The summed E-state index contributed by atoms with van der Waals surface area (Å²) in [6.07, 6.45) is 4.22. The number of carbonyl (C=O) groups excluding carboxylic acids is 3. The molecule has 3 rings (SSSR count). The van der Waals surface area contributed by atoms with Gasteiger partial charge in [-0.15, -0.1) is 0 Å². The van der Waals surface area contributed by atoms with Gasteiger partial charge in [0.15, 0.2) is 0 Å². The van der Waals surface area contributed by atoms with Crippen molar-refractivity contribution < 1.29 is 29.7 Å². The van der Waals surface area contributed by atoms with Crippen molar-refractivity contribution in [2.75, 3.05) is 0 Å². The number of carboxylic acids is 3. The maximum Gasteiger partial charge on any atom is 3.00 e. The first-order valence-electron chi connectivity index (χ1n) is 7.29. The molecule has 0 amide bonds. The van der Waals surface area contributed by atoms with Crippen molar-refractivity contribution >= 4 is 43.8 Å². The monoisotopic (exact) mass is 481 g/mol. The Hall–Kier alpha value is -3.27. The minimum atomic E-state index is -1.24. The molecule has 0 aliphatic carbocycles. The van der Waals surface area contributed by atoms with E-state index in [0.29, 0.717) is 0 Å². The van der Waals surface area contributed by atoms with Gasteiger partial charge in [-0.05, 0) is 36.4 Å². The van der Waals surface area contributed by atoms with E-state index in [-0.39, 0.29) is 42.9 Å². The molecule has 0 aromatic carbocycles. The molecule has 0 unspecified atom stereocenters. The Morgan fingerprint density at radius 2 is 0.786 bits per heavy atom. The van der Waals surface area contributed by atoms with Crippen molar-refractivity contribution in [3.05, 3.63) is 90.3 Å². The minimum absolute atomic E-state index is 0. The van der Waals surface area contributed by atoms with Crippen LogP contribution in [0.4, 0.5) is 0 Å². The van der Waals surface area contributed by atoms with Gasteiger partial charge in [-0.25, -0.2) is 0 Å². The van der Waals surface area contributed by atoms with Gasteiger partial charge in [0.1, 0.15) is 0 Å². The molecular weight excluding hydrogens is 469 g/mol. The summed E-state index contributed by atoms with van der Waals surface area (Å²) < 4.78 is 0. The van der Waals surface area contributed by atoms with Crippen molar-refractivity contribution in [3.8, 4) is 0 Å². The maximum absolute atomic E-state index is 10.0. The Morgan fingerprint density at radius 1 is 0.536 bits per heavy atom. The van der Waals surface area contributed by atoms with Crippen LogP contribution in [0, 0.1) is 0 Å². The van der Waals surface area contributed by atoms with Crippen molar-refractivity contribution in [3.63, 3.8) is 0 Å². The van der Waals surface area contributed by atoms with E-state index in [9.17, 15) is 29.7 Å². The Balaban J connectivity index is 0.000000384. The van der Waals surface area contributed by atoms with E-state index in [0.717, 1.165) is 0 Å². The fourth-order valence-corrected chi connectivity index (χ4v) is 1.45. The molecule has 10 heteroatoms. The van der Waals surface area contributed by atoms with Gasteiger partial charge in [0.05, 0.1) is 35.0 Å². The van der Waals surface area contributed by atoms with Crippen LogP contribution >= 0.6 is 0 Å². The van der Waals surface area contributed by atoms with E-state index < -0.39 is 17.9 Å². The molecule has 0 aliphatic rings. The third-order valence-electron chi connectivity index (χ3n) is 2.62. The van der Waals surface area contributed by atoms with Gasteiger partial charge in [0.2, 0.25) is 0 Å². The fraction of sp³-hybridized carbons (Fsp3) is 0. The zero-order chi connectivity index (χ0) is 20.1. The maximum atomic E-state index is 10.0. The van der Waals surface area contributed by atoms with Crippen LogP contribution in [0.5, 0.6) is 0 Å². The predicted molar refractivity (Wildman–Crippen MR) is 91.5 cm³/mol. The second-order valence-corrected chi connectivity index (χ2v) is 4.51. The Labute approximate surface area is 178 Å². The molecular formula is C18H12InN3O6. The third-order valence-corrected chi connectivity index (χ3v) is 2.62. The van der Waals surface area contributed by atoms with Gasteiger partial charge >= 0.3 is 25.8 Å². The Bertz CT molecular complexity index is 747. The molecule has 0 bridgehead atoms. The van der Waals surface area contributed by atoms with E-state index in [1.165, 1.54) is 36.8 Å².